The second kappa shape index (κ2) is 8.89. The molecule has 2 aliphatic heterocycles. The van der Waals surface area contributed by atoms with Crippen LogP contribution in [0.25, 0.3) is 22.3 Å². The summed E-state index contributed by atoms with van der Waals surface area (Å²) in [4.78, 5) is 28.3. The topological polar surface area (TPSA) is 116 Å². The quantitative estimate of drug-likeness (QED) is 0.556. The van der Waals surface area contributed by atoms with Gasteiger partial charge in [-0.1, -0.05) is 6.42 Å². The zero-order chi connectivity index (χ0) is 22.0. The number of carboxylic acid groups (broad SMARTS) is 1. The Bertz CT molecular complexity index is 1060. The molecule has 31 heavy (non-hydrogen) atoms. The predicted octanol–water partition coefficient (Wildman–Crippen LogP) is 2.41. The van der Waals surface area contributed by atoms with E-state index in [9.17, 15) is 4.79 Å². The smallest absolute Gasteiger partial charge is 0.290 e. The van der Waals surface area contributed by atoms with Crippen LogP contribution in [-0.4, -0.2) is 67.3 Å². The molecular formula is C22H28N6O3. The van der Waals surface area contributed by atoms with Gasteiger partial charge in [-0.2, -0.15) is 5.10 Å². The van der Waals surface area contributed by atoms with Gasteiger partial charge in [-0.15, -0.1) is 0 Å². The number of hydrogen-bond donors (Lipinski definition) is 3. The molecule has 9 heteroatoms. The Labute approximate surface area is 180 Å². The lowest BCUT2D eigenvalue weighted by molar-refractivity contribution is -0.122. The van der Waals surface area contributed by atoms with E-state index >= 15 is 0 Å². The van der Waals surface area contributed by atoms with Crippen LogP contribution in [-0.2, 0) is 11.8 Å². The zero-order valence-corrected chi connectivity index (χ0v) is 17.8. The Kier molecular flexibility index (Phi) is 6.03. The van der Waals surface area contributed by atoms with Crippen LogP contribution in [0.3, 0.4) is 0 Å². The SMILES string of the molecule is CN1C2CCCC1CC(NC(=O)c1n[nH]c3ccc(-c4nccn4C)cc13)C2.O=CO. The Hall–Kier alpha value is -3.20. The predicted molar refractivity (Wildman–Crippen MR) is 117 cm³/mol. The van der Waals surface area contributed by atoms with Gasteiger partial charge in [0.15, 0.2) is 5.69 Å². The Morgan fingerprint density at radius 2 is 1.97 bits per heavy atom. The van der Waals surface area contributed by atoms with E-state index in [4.69, 9.17) is 9.90 Å². The number of piperidine rings is 2. The first-order valence-corrected chi connectivity index (χ1v) is 10.6. The average molecular weight is 425 g/mol. The maximum atomic E-state index is 13.0. The fourth-order valence-corrected chi connectivity index (χ4v) is 4.96. The van der Waals surface area contributed by atoms with Crippen LogP contribution < -0.4 is 5.32 Å². The molecule has 2 bridgehead atoms. The van der Waals surface area contributed by atoms with Gasteiger partial charge < -0.3 is 19.9 Å². The number of aryl methyl sites for hydroxylation is 1. The molecule has 2 atom stereocenters. The van der Waals surface area contributed by atoms with E-state index in [1.54, 1.807) is 6.20 Å². The first kappa shape index (κ1) is 21.0. The maximum Gasteiger partial charge on any atom is 0.290 e. The van der Waals surface area contributed by atoms with E-state index in [0.717, 1.165) is 35.1 Å². The van der Waals surface area contributed by atoms with Gasteiger partial charge in [0, 0.05) is 48.5 Å². The first-order valence-electron chi connectivity index (χ1n) is 10.6. The second-order valence-electron chi connectivity index (χ2n) is 8.35. The number of nitrogens with zero attached hydrogens (tertiary/aromatic N) is 4. The van der Waals surface area contributed by atoms with Gasteiger partial charge in [-0.25, -0.2) is 4.98 Å². The molecule has 2 aromatic heterocycles. The van der Waals surface area contributed by atoms with Gasteiger partial charge in [0.05, 0.1) is 5.52 Å². The van der Waals surface area contributed by atoms with Gasteiger partial charge in [0.2, 0.25) is 0 Å². The normalized spacial score (nSPS) is 23.1. The standard InChI is InChI=1S/C21H26N6O.CH2O2/c1-26-9-8-22-20(26)13-6-7-18-17(10-13)19(25-24-18)21(28)23-14-11-15-4-3-5-16(12-14)27(15)2;2-1-3/h6-10,14-16H,3-5,11-12H2,1-2H3,(H,23,28)(H,24,25);1H,(H,2,3). The summed E-state index contributed by atoms with van der Waals surface area (Å²) in [5, 5.41) is 18.3. The van der Waals surface area contributed by atoms with E-state index in [-0.39, 0.29) is 18.4 Å². The van der Waals surface area contributed by atoms with Gasteiger partial charge in [0.1, 0.15) is 5.82 Å². The Balaban J connectivity index is 0.000000730. The number of benzene rings is 1. The fraction of sp³-hybridized carbons (Fsp3) is 0.455. The van der Waals surface area contributed by atoms with Gasteiger partial charge in [-0.3, -0.25) is 14.7 Å². The number of hydrogen-bond acceptors (Lipinski definition) is 5. The molecule has 0 radical (unpaired) electrons. The highest BCUT2D eigenvalue weighted by Gasteiger charge is 2.36. The second-order valence-corrected chi connectivity index (χ2v) is 8.35. The minimum absolute atomic E-state index is 0.0872. The van der Waals surface area contributed by atoms with Crippen LogP contribution in [0.5, 0.6) is 0 Å². The Morgan fingerprint density at radius 1 is 1.26 bits per heavy atom. The highest BCUT2D eigenvalue weighted by atomic mass is 16.3. The number of rotatable bonds is 3. The van der Waals surface area contributed by atoms with Crippen LogP contribution in [0.1, 0.15) is 42.6 Å². The molecule has 9 nitrogen and oxygen atoms in total. The Morgan fingerprint density at radius 3 is 2.61 bits per heavy atom. The molecule has 1 amide bonds. The minimum Gasteiger partial charge on any atom is -0.483 e. The molecule has 4 heterocycles. The number of aromatic amines is 1. The maximum absolute atomic E-state index is 13.0. The largest absolute Gasteiger partial charge is 0.483 e. The number of amides is 1. The van der Waals surface area contributed by atoms with E-state index in [2.05, 4.69) is 32.4 Å². The van der Waals surface area contributed by atoms with Crippen LogP contribution in [0.2, 0.25) is 0 Å². The molecule has 1 aromatic carbocycles. The van der Waals surface area contributed by atoms with Crippen molar-refractivity contribution < 1.29 is 14.7 Å². The molecule has 2 saturated heterocycles. The van der Waals surface area contributed by atoms with Crippen LogP contribution in [0, 0.1) is 0 Å². The van der Waals surface area contributed by atoms with Crippen molar-refractivity contribution in [3.63, 3.8) is 0 Å². The summed E-state index contributed by atoms with van der Waals surface area (Å²) >= 11 is 0. The number of nitrogens with one attached hydrogen (secondary N) is 2. The summed E-state index contributed by atoms with van der Waals surface area (Å²) in [6.45, 7) is -0.250. The molecule has 164 valence electrons. The molecule has 3 aromatic rings. The lowest BCUT2D eigenvalue weighted by atomic mass is 9.82. The number of fused-ring (bicyclic) bond motifs is 3. The summed E-state index contributed by atoms with van der Waals surface area (Å²) < 4.78 is 1.97. The van der Waals surface area contributed by atoms with Crippen LogP contribution in [0.15, 0.2) is 30.6 Å². The monoisotopic (exact) mass is 424 g/mol. The molecule has 2 aliphatic rings. The lowest BCUT2D eigenvalue weighted by Crippen LogP contribution is -2.55. The van der Waals surface area contributed by atoms with E-state index in [1.165, 1.54) is 19.3 Å². The molecule has 2 fully saturated rings. The molecule has 2 unspecified atom stereocenters. The fourth-order valence-electron chi connectivity index (χ4n) is 4.96. The van der Waals surface area contributed by atoms with Gasteiger partial charge in [-0.05, 0) is 50.9 Å². The van der Waals surface area contributed by atoms with E-state index in [1.807, 2.05) is 36.0 Å². The summed E-state index contributed by atoms with van der Waals surface area (Å²) in [6, 6.07) is 7.36. The highest BCUT2D eigenvalue weighted by Crippen LogP contribution is 2.33. The number of aromatic nitrogens is 4. The molecule has 0 spiro atoms. The van der Waals surface area contributed by atoms with Crippen molar-refractivity contribution in [3.05, 3.63) is 36.3 Å². The highest BCUT2D eigenvalue weighted by molar-refractivity contribution is 6.05. The summed E-state index contributed by atoms with van der Waals surface area (Å²) in [7, 11) is 4.19. The average Bonchev–Trinajstić information content (AvgIpc) is 3.35. The summed E-state index contributed by atoms with van der Waals surface area (Å²) in [6.07, 6.45) is 9.52. The van der Waals surface area contributed by atoms with E-state index in [0.29, 0.717) is 17.8 Å². The molecule has 0 aliphatic carbocycles. The first-order chi connectivity index (χ1) is 15.0. The van der Waals surface area contributed by atoms with Crippen LogP contribution in [0.4, 0.5) is 0 Å². The van der Waals surface area contributed by atoms with Crippen molar-refractivity contribution in [3.8, 4) is 11.4 Å². The van der Waals surface area contributed by atoms with Crippen molar-refractivity contribution in [1.29, 1.82) is 0 Å². The van der Waals surface area contributed by atoms with Crippen molar-refractivity contribution in [2.24, 2.45) is 7.05 Å². The third-order valence-electron chi connectivity index (χ3n) is 6.53. The number of carbonyl (C=O) groups excluding carboxylic acids is 1. The number of carbonyl (C=O) groups is 2. The lowest BCUT2D eigenvalue weighted by Gasteiger charge is -2.47. The third kappa shape index (κ3) is 4.18. The number of imidazole rings is 1. The van der Waals surface area contributed by atoms with Crippen molar-refractivity contribution in [2.45, 2.75) is 50.2 Å². The number of H-pyrrole nitrogens is 1. The molecule has 3 N–H and O–H groups in total. The zero-order valence-electron chi connectivity index (χ0n) is 17.8. The molecule has 5 rings (SSSR count). The summed E-state index contributed by atoms with van der Waals surface area (Å²) in [5.74, 6) is 0.786. The molecular weight excluding hydrogens is 396 g/mol. The van der Waals surface area contributed by atoms with Gasteiger partial charge in [0.25, 0.3) is 12.4 Å². The van der Waals surface area contributed by atoms with Crippen molar-refractivity contribution >= 4 is 23.3 Å². The molecule has 0 saturated carbocycles. The van der Waals surface area contributed by atoms with E-state index < -0.39 is 0 Å². The summed E-state index contributed by atoms with van der Waals surface area (Å²) in [5.41, 5.74) is 2.31. The van der Waals surface area contributed by atoms with Crippen molar-refractivity contribution in [1.82, 2.24) is 30.0 Å². The van der Waals surface area contributed by atoms with Crippen molar-refractivity contribution in [2.75, 3.05) is 7.05 Å². The third-order valence-corrected chi connectivity index (χ3v) is 6.53. The van der Waals surface area contributed by atoms with Crippen LogP contribution >= 0.6 is 0 Å². The minimum atomic E-state index is -0.250. The van der Waals surface area contributed by atoms with Gasteiger partial charge >= 0.3 is 0 Å².